The second kappa shape index (κ2) is 6.16. The summed E-state index contributed by atoms with van der Waals surface area (Å²) in [6.07, 6.45) is 0. The number of nitriles is 1. The molecule has 3 N–H and O–H groups in total. The standard InChI is InChI=1S/C15H12ClN3O2/c1-21-11-4-5-12(14(18)7-11)15(20)19-10-3-2-9(8-17)13(16)6-10/h2-7H,18H2,1H3,(H,19,20). The molecule has 0 spiro atoms. The number of nitrogens with two attached hydrogens (primary N) is 1. The highest BCUT2D eigenvalue weighted by Gasteiger charge is 2.11. The van der Waals surface area contributed by atoms with Gasteiger partial charge in [0.2, 0.25) is 0 Å². The van der Waals surface area contributed by atoms with E-state index in [2.05, 4.69) is 5.32 Å². The van der Waals surface area contributed by atoms with Crippen LogP contribution >= 0.6 is 11.6 Å². The van der Waals surface area contributed by atoms with E-state index in [0.717, 1.165) is 0 Å². The van der Waals surface area contributed by atoms with Crippen LogP contribution in [0.25, 0.3) is 0 Å². The third-order valence-corrected chi connectivity index (χ3v) is 3.16. The lowest BCUT2D eigenvalue weighted by atomic mass is 10.1. The zero-order valence-corrected chi connectivity index (χ0v) is 11.9. The number of halogens is 1. The molecular weight excluding hydrogens is 290 g/mol. The minimum absolute atomic E-state index is 0.276. The Kier molecular flexibility index (Phi) is 4.31. The van der Waals surface area contributed by atoms with Crippen LogP contribution < -0.4 is 15.8 Å². The summed E-state index contributed by atoms with van der Waals surface area (Å²) >= 11 is 5.91. The first kappa shape index (κ1) is 14.7. The summed E-state index contributed by atoms with van der Waals surface area (Å²) in [5.41, 5.74) is 7.29. The predicted octanol–water partition coefficient (Wildman–Crippen LogP) is 3.05. The summed E-state index contributed by atoms with van der Waals surface area (Å²) in [7, 11) is 1.52. The molecule has 21 heavy (non-hydrogen) atoms. The third-order valence-electron chi connectivity index (χ3n) is 2.85. The van der Waals surface area contributed by atoms with Gasteiger partial charge < -0.3 is 15.8 Å². The zero-order chi connectivity index (χ0) is 15.4. The average molecular weight is 302 g/mol. The van der Waals surface area contributed by atoms with Crippen LogP contribution in [0.3, 0.4) is 0 Å². The van der Waals surface area contributed by atoms with Gasteiger partial charge in [-0.15, -0.1) is 0 Å². The number of rotatable bonds is 3. The molecule has 1 amide bonds. The molecule has 0 aliphatic heterocycles. The van der Waals surface area contributed by atoms with Gasteiger partial charge in [0.15, 0.2) is 0 Å². The number of hydrogen-bond donors (Lipinski definition) is 2. The van der Waals surface area contributed by atoms with Crippen molar-refractivity contribution in [2.45, 2.75) is 0 Å². The Balaban J connectivity index is 2.22. The second-order valence-corrected chi connectivity index (χ2v) is 4.62. The van der Waals surface area contributed by atoms with E-state index < -0.39 is 0 Å². The Morgan fingerprint density at radius 2 is 2.10 bits per heavy atom. The van der Waals surface area contributed by atoms with Crippen molar-refractivity contribution in [2.24, 2.45) is 0 Å². The van der Waals surface area contributed by atoms with Gasteiger partial charge in [-0.2, -0.15) is 5.26 Å². The van der Waals surface area contributed by atoms with Gasteiger partial charge in [-0.05, 0) is 30.3 Å². The number of anilines is 2. The Morgan fingerprint density at radius 3 is 2.67 bits per heavy atom. The number of hydrogen-bond acceptors (Lipinski definition) is 4. The fourth-order valence-electron chi connectivity index (χ4n) is 1.76. The highest BCUT2D eigenvalue weighted by atomic mass is 35.5. The van der Waals surface area contributed by atoms with E-state index in [-0.39, 0.29) is 10.9 Å². The smallest absolute Gasteiger partial charge is 0.257 e. The number of amides is 1. The molecule has 2 aromatic rings. The molecule has 0 aliphatic carbocycles. The number of carbonyl (C=O) groups excluding carboxylic acids is 1. The monoisotopic (exact) mass is 301 g/mol. The molecule has 106 valence electrons. The minimum atomic E-state index is -0.365. The molecule has 0 aromatic heterocycles. The minimum Gasteiger partial charge on any atom is -0.497 e. The molecule has 0 aliphatic rings. The van der Waals surface area contributed by atoms with Crippen LogP contribution in [0.5, 0.6) is 5.75 Å². The summed E-state index contributed by atoms with van der Waals surface area (Å²) in [6.45, 7) is 0. The largest absolute Gasteiger partial charge is 0.497 e. The van der Waals surface area contributed by atoms with E-state index in [1.165, 1.54) is 19.2 Å². The van der Waals surface area contributed by atoms with Crippen molar-refractivity contribution < 1.29 is 9.53 Å². The van der Waals surface area contributed by atoms with Gasteiger partial charge in [0.1, 0.15) is 11.8 Å². The number of nitrogens with one attached hydrogen (secondary N) is 1. The number of nitrogens with zero attached hydrogens (tertiary/aromatic N) is 1. The second-order valence-electron chi connectivity index (χ2n) is 4.21. The predicted molar refractivity (Wildman–Crippen MR) is 81.5 cm³/mol. The summed E-state index contributed by atoms with van der Waals surface area (Å²) in [5.74, 6) is 0.210. The molecule has 0 saturated carbocycles. The van der Waals surface area contributed by atoms with E-state index >= 15 is 0 Å². The quantitative estimate of drug-likeness (QED) is 0.853. The first-order valence-electron chi connectivity index (χ1n) is 5.99. The number of methoxy groups -OCH3 is 1. The van der Waals surface area contributed by atoms with Gasteiger partial charge in [-0.1, -0.05) is 11.6 Å². The molecule has 0 radical (unpaired) electrons. The number of benzene rings is 2. The van der Waals surface area contributed by atoms with Gasteiger partial charge in [-0.25, -0.2) is 0 Å². The average Bonchev–Trinajstić information content (AvgIpc) is 2.47. The lowest BCUT2D eigenvalue weighted by Crippen LogP contribution is -2.14. The molecule has 0 fully saturated rings. The molecule has 0 saturated heterocycles. The Hall–Kier alpha value is -2.71. The highest BCUT2D eigenvalue weighted by molar-refractivity contribution is 6.32. The lowest BCUT2D eigenvalue weighted by Gasteiger charge is -2.09. The number of nitrogen functional groups attached to an aromatic ring is 1. The maximum Gasteiger partial charge on any atom is 0.257 e. The van der Waals surface area contributed by atoms with Gasteiger partial charge in [0.25, 0.3) is 5.91 Å². The normalized spacial score (nSPS) is 9.76. The first-order chi connectivity index (χ1) is 10.0. The number of carbonyl (C=O) groups is 1. The van der Waals surface area contributed by atoms with Gasteiger partial charge in [0.05, 0.1) is 23.3 Å². The van der Waals surface area contributed by atoms with Crippen LogP contribution in [0.15, 0.2) is 36.4 Å². The zero-order valence-electron chi connectivity index (χ0n) is 11.2. The van der Waals surface area contributed by atoms with Crippen molar-refractivity contribution in [1.82, 2.24) is 0 Å². The van der Waals surface area contributed by atoms with Crippen LogP contribution in [0, 0.1) is 11.3 Å². The van der Waals surface area contributed by atoms with Crippen LogP contribution in [-0.2, 0) is 0 Å². The molecular formula is C15H12ClN3O2. The highest BCUT2D eigenvalue weighted by Crippen LogP contribution is 2.23. The van der Waals surface area contributed by atoms with E-state index in [9.17, 15) is 4.79 Å². The summed E-state index contributed by atoms with van der Waals surface area (Å²) in [4.78, 5) is 12.2. The molecule has 2 rings (SSSR count). The fraction of sp³-hybridized carbons (Fsp3) is 0.0667. The van der Waals surface area contributed by atoms with Crippen LogP contribution in [0.2, 0.25) is 5.02 Å². The van der Waals surface area contributed by atoms with Crippen molar-refractivity contribution in [1.29, 1.82) is 5.26 Å². The van der Waals surface area contributed by atoms with E-state index in [4.69, 9.17) is 27.3 Å². The van der Waals surface area contributed by atoms with Crippen molar-refractivity contribution >= 4 is 28.9 Å². The fourth-order valence-corrected chi connectivity index (χ4v) is 1.98. The van der Waals surface area contributed by atoms with Crippen molar-refractivity contribution in [2.75, 3.05) is 18.2 Å². The molecule has 0 unspecified atom stereocenters. The number of ether oxygens (including phenoxy) is 1. The molecule has 0 heterocycles. The Labute approximate surface area is 126 Å². The Bertz CT molecular complexity index is 738. The summed E-state index contributed by atoms with van der Waals surface area (Å²) in [5, 5.41) is 11.8. The van der Waals surface area contributed by atoms with E-state index in [1.54, 1.807) is 24.3 Å². The van der Waals surface area contributed by atoms with Gasteiger partial charge in [-0.3, -0.25) is 4.79 Å². The lowest BCUT2D eigenvalue weighted by molar-refractivity contribution is 0.102. The molecule has 6 heteroatoms. The third kappa shape index (κ3) is 3.25. The topological polar surface area (TPSA) is 88.1 Å². The van der Waals surface area contributed by atoms with Gasteiger partial charge in [0, 0.05) is 17.4 Å². The van der Waals surface area contributed by atoms with E-state index in [1.807, 2.05) is 6.07 Å². The molecule has 0 atom stereocenters. The van der Waals surface area contributed by atoms with Gasteiger partial charge >= 0.3 is 0 Å². The first-order valence-corrected chi connectivity index (χ1v) is 6.37. The van der Waals surface area contributed by atoms with E-state index in [0.29, 0.717) is 28.3 Å². The maximum atomic E-state index is 12.2. The summed E-state index contributed by atoms with van der Waals surface area (Å²) in [6, 6.07) is 11.4. The molecule has 5 nitrogen and oxygen atoms in total. The van der Waals surface area contributed by atoms with Crippen molar-refractivity contribution in [3.63, 3.8) is 0 Å². The Morgan fingerprint density at radius 1 is 1.33 bits per heavy atom. The molecule has 2 aromatic carbocycles. The maximum absolute atomic E-state index is 12.2. The SMILES string of the molecule is COc1ccc(C(=O)Nc2ccc(C#N)c(Cl)c2)c(N)c1. The van der Waals surface area contributed by atoms with Crippen molar-refractivity contribution in [3.05, 3.63) is 52.5 Å². The summed E-state index contributed by atoms with van der Waals surface area (Å²) < 4.78 is 5.03. The molecule has 0 bridgehead atoms. The van der Waals surface area contributed by atoms with Crippen LogP contribution in [0.4, 0.5) is 11.4 Å². The van der Waals surface area contributed by atoms with Crippen LogP contribution in [-0.4, -0.2) is 13.0 Å². The van der Waals surface area contributed by atoms with Crippen molar-refractivity contribution in [3.8, 4) is 11.8 Å². The van der Waals surface area contributed by atoms with Crippen LogP contribution in [0.1, 0.15) is 15.9 Å².